The van der Waals surface area contributed by atoms with Gasteiger partial charge in [-0.05, 0) is 18.9 Å². The first kappa shape index (κ1) is 14.1. The van der Waals surface area contributed by atoms with Gasteiger partial charge in [-0.3, -0.25) is 4.68 Å². The zero-order valence-electron chi connectivity index (χ0n) is 10.9. The molecule has 0 saturated heterocycles. The molecular formula is C14H18ClN3O. The molecule has 4 nitrogen and oxygen atoms in total. The van der Waals surface area contributed by atoms with Gasteiger partial charge in [0.05, 0.1) is 29.1 Å². The molecule has 0 aliphatic heterocycles. The molecule has 1 atom stereocenters. The van der Waals surface area contributed by atoms with E-state index in [0.29, 0.717) is 18.0 Å². The Morgan fingerprint density at radius 2 is 2.05 bits per heavy atom. The largest absolute Gasteiger partial charge is 0.394 e. The number of aliphatic hydroxyl groups excluding tert-OH is 1. The van der Waals surface area contributed by atoms with Gasteiger partial charge in [-0.1, -0.05) is 41.9 Å². The molecule has 2 aromatic rings. The number of hydrogen-bond acceptors (Lipinski definition) is 3. The van der Waals surface area contributed by atoms with Crippen molar-refractivity contribution in [2.75, 3.05) is 6.61 Å². The number of benzene rings is 1. The van der Waals surface area contributed by atoms with Crippen molar-refractivity contribution in [1.82, 2.24) is 9.78 Å². The van der Waals surface area contributed by atoms with Crippen LogP contribution in [0.4, 0.5) is 0 Å². The van der Waals surface area contributed by atoms with Crippen molar-refractivity contribution in [3.63, 3.8) is 0 Å². The van der Waals surface area contributed by atoms with E-state index in [9.17, 15) is 5.11 Å². The maximum atomic E-state index is 9.61. The van der Waals surface area contributed by atoms with E-state index in [0.717, 1.165) is 11.3 Å². The molecule has 0 aliphatic rings. The highest BCUT2D eigenvalue weighted by atomic mass is 35.5. The van der Waals surface area contributed by atoms with Gasteiger partial charge in [-0.15, -0.1) is 0 Å². The van der Waals surface area contributed by atoms with E-state index in [1.165, 1.54) is 0 Å². The molecule has 1 unspecified atom stereocenters. The number of hydrogen-bond donors (Lipinski definition) is 2. The second-order valence-electron chi connectivity index (χ2n) is 4.73. The molecule has 0 aliphatic carbocycles. The summed E-state index contributed by atoms with van der Waals surface area (Å²) >= 11 is 5.97. The topological polar surface area (TPSA) is 64.1 Å². The zero-order chi connectivity index (χ0) is 13.9. The van der Waals surface area contributed by atoms with Crippen LogP contribution in [0.3, 0.4) is 0 Å². The standard InChI is InChI=1S/C14H18ClN3O/c1-11-13(15)9-17-18(11)8-7-14(16,10-19)12-5-3-2-4-6-12/h2-6,9,19H,7-8,10,16H2,1H3. The fourth-order valence-corrected chi connectivity index (χ4v) is 2.18. The molecule has 2 rings (SSSR count). The lowest BCUT2D eigenvalue weighted by atomic mass is 9.88. The molecule has 19 heavy (non-hydrogen) atoms. The number of rotatable bonds is 5. The van der Waals surface area contributed by atoms with Crippen molar-refractivity contribution >= 4 is 11.6 Å². The van der Waals surface area contributed by atoms with Gasteiger partial charge in [0.2, 0.25) is 0 Å². The molecule has 0 saturated carbocycles. The number of aromatic nitrogens is 2. The summed E-state index contributed by atoms with van der Waals surface area (Å²) in [6, 6.07) is 9.63. The van der Waals surface area contributed by atoms with Gasteiger partial charge in [-0.25, -0.2) is 0 Å². The molecule has 0 bridgehead atoms. The molecule has 0 radical (unpaired) electrons. The normalized spacial score (nSPS) is 14.3. The summed E-state index contributed by atoms with van der Waals surface area (Å²) in [5.74, 6) is 0. The van der Waals surface area contributed by atoms with Crippen LogP contribution in [-0.2, 0) is 12.1 Å². The monoisotopic (exact) mass is 279 g/mol. The Hall–Kier alpha value is -1.36. The SMILES string of the molecule is Cc1c(Cl)cnn1CCC(N)(CO)c1ccccc1. The van der Waals surface area contributed by atoms with E-state index in [4.69, 9.17) is 17.3 Å². The first-order chi connectivity index (χ1) is 9.07. The molecule has 1 aromatic heterocycles. The smallest absolute Gasteiger partial charge is 0.0814 e. The summed E-state index contributed by atoms with van der Waals surface area (Å²) in [6.07, 6.45) is 2.21. The maximum Gasteiger partial charge on any atom is 0.0814 e. The van der Waals surface area contributed by atoms with Gasteiger partial charge in [0, 0.05) is 6.54 Å². The second-order valence-corrected chi connectivity index (χ2v) is 5.14. The Kier molecular flexibility index (Phi) is 4.24. The first-order valence-electron chi connectivity index (χ1n) is 6.20. The lowest BCUT2D eigenvalue weighted by Gasteiger charge is -2.28. The summed E-state index contributed by atoms with van der Waals surface area (Å²) in [4.78, 5) is 0. The molecule has 3 N–H and O–H groups in total. The third-order valence-electron chi connectivity index (χ3n) is 3.44. The molecule has 0 amide bonds. The van der Waals surface area contributed by atoms with E-state index in [2.05, 4.69) is 5.10 Å². The Bertz CT molecular complexity index is 541. The van der Waals surface area contributed by atoms with Crippen LogP contribution in [0.25, 0.3) is 0 Å². The van der Waals surface area contributed by atoms with Crippen LogP contribution < -0.4 is 5.73 Å². The molecule has 5 heteroatoms. The lowest BCUT2D eigenvalue weighted by Crippen LogP contribution is -2.41. The highest BCUT2D eigenvalue weighted by Crippen LogP contribution is 2.23. The van der Waals surface area contributed by atoms with Crippen LogP contribution in [0.2, 0.25) is 5.02 Å². The predicted molar refractivity (Wildman–Crippen MR) is 76.0 cm³/mol. The Morgan fingerprint density at radius 1 is 1.37 bits per heavy atom. The third-order valence-corrected chi connectivity index (χ3v) is 3.81. The average Bonchev–Trinajstić information content (AvgIpc) is 2.77. The number of aliphatic hydroxyl groups is 1. The summed E-state index contributed by atoms with van der Waals surface area (Å²) < 4.78 is 1.81. The molecule has 102 valence electrons. The van der Waals surface area contributed by atoms with Gasteiger partial charge in [0.25, 0.3) is 0 Å². The van der Waals surface area contributed by atoms with Gasteiger partial charge in [0.1, 0.15) is 0 Å². The quantitative estimate of drug-likeness (QED) is 0.881. The highest BCUT2D eigenvalue weighted by Gasteiger charge is 2.26. The van der Waals surface area contributed by atoms with Crippen LogP contribution in [0.1, 0.15) is 17.7 Å². The Labute approximate surface area is 117 Å². The van der Waals surface area contributed by atoms with Crippen LogP contribution in [-0.4, -0.2) is 21.5 Å². The number of halogens is 1. The minimum atomic E-state index is -0.758. The van der Waals surface area contributed by atoms with Crippen molar-refractivity contribution in [2.24, 2.45) is 5.73 Å². The fourth-order valence-electron chi connectivity index (χ4n) is 2.04. The number of aryl methyl sites for hydroxylation is 1. The first-order valence-corrected chi connectivity index (χ1v) is 6.58. The highest BCUT2D eigenvalue weighted by molar-refractivity contribution is 6.31. The van der Waals surface area contributed by atoms with Gasteiger partial charge >= 0.3 is 0 Å². The summed E-state index contributed by atoms with van der Waals surface area (Å²) in [6.45, 7) is 2.42. The van der Waals surface area contributed by atoms with E-state index in [1.807, 2.05) is 41.9 Å². The van der Waals surface area contributed by atoms with Crippen molar-refractivity contribution in [2.45, 2.75) is 25.4 Å². The molecule has 1 aromatic carbocycles. The predicted octanol–water partition coefficient (Wildman–Crippen LogP) is 2.08. The van der Waals surface area contributed by atoms with Crippen molar-refractivity contribution in [3.05, 3.63) is 52.8 Å². The number of nitrogens with zero attached hydrogens (tertiary/aromatic N) is 2. The average molecular weight is 280 g/mol. The van der Waals surface area contributed by atoms with Gasteiger partial charge in [0.15, 0.2) is 0 Å². The van der Waals surface area contributed by atoms with Crippen molar-refractivity contribution in [3.8, 4) is 0 Å². The molecule has 1 heterocycles. The van der Waals surface area contributed by atoms with Crippen LogP contribution in [0.15, 0.2) is 36.5 Å². The van der Waals surface area contributed by atoms with E-state index < -0.39 is 5.54 Å². The summed E-state index contributed by atoms with van der Waals surface area (Å²) in [5.41, 5.74) is 7.38. The van der Waals surface area contributed by atoms with E-state index >= 15 is 0 Å². The summed E-state index contributed by atoms with van der Waals surface area (Å²) in [7, 11) is 0. The second kappa shape index (κ2) is 5.74. The minimum Gasteiger partial charge on any atom is -0.394 e. The number of nitrogens with two attached hydrogens (primary N) is 1. The zero-order valence-corrected chi connectivity index (χ0v) is 11.6. The van der Waals surface area contributed by atoms with E-state index in [-0.39, 0.29) is 6.61 Å². The van der Waals surface area contributed by atoms with Crippen LogP contribution in [0.5, 0.6) is 0 Å². The third kappa shape index (κ3) is 2.97. The summed E-state index contributed by atoms with van der Waals surface area (Å²) in [5, 5.41) is 14.4. The van der Waals surface area contributed by atoms with Crippen molar-refractivity contribution in [1.29, 1.82) is 0 Å². The lowest BCUT2D eigenvalue weighted by molar-refractivity contribution is 0.180. The van der Waals surface area contributed by atoms with Gasteiger partial charge < -0.3 is 10.8 Å². The molecule has 0 spiro atoms. The van der Waals surface area contributed by atoms with E-state index in [1.54, 1.807) is 6.20 Å². The Morgan fingerprint density at radius 3 is 2.58 bits per heavy atom. The van der Waals surface area contributed by atoms with Crippen molar-refractivity contribution < 1.29 is 5.11 Å². The van der Waals surface area contributed by atoms with Crippen LogP contribution >= 0.6 is 11.6 Å². The minimum absolute atomic E-state index is 0.106. The molecular weight excluding hydrogens is 262 g/mol. The fraction of sp³-hybridized carbons (Fsp3) is 0.357. The van der Waals surface area contributed by atoms with Crippen LogP contribution in [0, 0.1) is 6.92 Å². The molecule has 0 fully saturated rings. The van der Waals surface area contributed by atoms with Gasteiger partial charge in [-0.2, -0.15) is 5.10 Å². The maximum absolute atomic E-state index is 9.61. The Balaban J connectivity index is 2.14.